The van der Waals surface area contributed by atoms with Gasteiger partial charge < -0.3 is 19.6 Å². The minimum Gasteiger partial charge on any atom is -0.388 e. The van der Waals surface area contributed by atoms with E-state index in [4.69, 9.17) is 0 Å². The summed E-state index contributed by atoms with van der Waals surface area (Å²) in [5, 5.41) is 10.7. The van der Waals surface area contributed by atoms with Gasteiger partial charge in [0.2, 0.25) is 0 Å². The lowest BCUT2D eigenvalue weighted by atomic mass is 10.2. The fraction of sp³-hybridized carbons (Fsp3) is 0.529. The zero-order valence-corrected chi connectivity index (χ0v) is 14.1. The number of rotatable bonds is 5. The maximum atomic E-state index is 12.4. The number of imidazole rings is 1. The molecule has 4 rings (SSSR count). The number of aromatic amines is 1. The van der Waals surface area contributed by atoms with Crippen LogP contribution in [0.3, 0.4) is 0 Å². The Morgan fingerprint density at radius 3 is 2.96 bits per heavy atom. The summed E-state index contributed by atoms with van der Waals surface area (Å²) in [6, 6.07) is 2.01. The second-order valence-corrected chi connectivity index (χ2v) is 6.75. The molecule has 0 radical (unpaired) electrons. The van der Waals surface area contributed by atoms with Gasteiger partial charge in [-0.3, -0.25) is 0 Å². The average Bonchev–Trinajstić information content (AvgIpc) is 3.29. The Kier molecular flexibility index (Phi) is 4.36. The third-order valence-corrected chi connectivity index (χ3v) is 5.00. The van der Waals surface area contributed by atoms with Crippen LogP contribution in [0.1, 0.15) is 31.1 Å². The van der Waals surface area contributed by atoms with Crippen molar-refractivity contribution >= 4 is 22.1 Å². The molecule has 1 fully saturated rings. The van der Waals surface area contributed by atoms with Crippen molar-refractivity contribution in [3.8, 4) is 0 Å². The van der Waals surface area contributed by atoms with Crippen LogP contribution in [-0.4, -0.2) is 55.3 Å². The van der Waals surface area contributed by atoms with E-state index >= 15 is 0 Å². The Hall–Kier alpha value is -2.13. The number of aliphatic hydroxyl groups excluding tert-OH is 1. The van der Waals surface area contributed by atoms with E-state index in [2.05, 4.69) is 19.9 Å². The van der Waals surface area contributed by atoms with Gasteiger partial charge in [0.1, 0.15) is 23.6 Å². The highest BCUT2D eigenvalue weighted by molar-refractivity contribution is 6.01. The predicted octanol–water partition coefficient (Wildman–Crippen LogP) is 2.99. The van der Waals surface area contributed by atoms with E-state index < -0.39 is 12.6 Å². The number of likely N-dealkylation sites (tertiary alicyclic amines) is 1. The van der Waals surface area contributed by atoms with Crippen molar-refractivity contribution in [2.75, 3.05) is 19.6 Å². The summed E-state index contributed by atoms with van der Waals surface area (Å²) < 4.78 is 39.1. The molecule has 26 heavy (non-hydrogen) atoms. The highest BCUT2D eigenvalue weighted by atomic mass is 19.4. The molecule has 0 bridgehead atoms. The van der Waals surface area contributed by atoms with E-state index in [0.717, 1.165) is 35.0 Å². The summed E-state index contributed by atoms with van der Waals surface area (Å²) in [7, 11) is 0. The molecule has 9 heteroatoms. The van der Waals surface area contributed by atoms with Gasteiger partial charge >= 0.3 is 6.18 Å². The number of nitrogens with one attached hydrogen (secondary N) is 1. The molecule has 140 valence electrons. The molecule has 3 aromatic heterocycles. The van der Waals surface area contributed by atoms with Gasteiger partial charge in [0.05, 0.1) is 11.7 Å². The first kappa shape index (κ1) is 17.3. The van der Waals surface area contributed by atoms with Gasteiger partial charge in [-0.15, -0.1) is 0 Å². The predicted molar refractivity (Wildman–Crippen MR) is 90.7 cm³/mol. The standard InChI is InChI=1S/C17H20F3N5O/c18-17(19,20)4-1-6-24-7-3-11(9-24)25-14(10-26)23-13-8-22-16-12(15(13)25)2-5-21-16/h2,5,8,11,26H,1,3-4,6-7,9-10H2,(H,21,22). The van der Waals surface area contributed by atoms with Gasteiger partial charge in [-0.1, -0.05) is 0 Å². The Morgan fingerprint density at radius 1 is 1.35 bits per heavy atom. The van der Waals surface area contributed by atoms with Crippen LogP contribution in [0, 0.1) is 0 Å². The molecule has 4 heterocycles. The Bertz CT molecular complexity index is 916. The number of halogens is 3. The molecule has 6 nitrogen and oxygen atoms in total. The van der Waals surface area contributed by atoms with Crippen molar-refractivity contribution in [3.63, 3.8) is 0 Å². The summed E-state index contributed by atoms with van der Waals surface area (Å²) in [5.74, 6) is 0.567. The number of alkyl halides is 3. The molecule has 1 aliphatic rings. The number of hydrogen-bond acceptors (Lipinski definition) is 4. The monoisotopic (exact) mass is 367 g/mol. The van der Waals surface area contributed by atoms with Gasteiger partial charge in [-0.2, -0.15) is 13.2 Å². The third-order valence-electron chi connectivity index (χ3n) is 5.00. The maximum Gasteiger partial charge on any atom is 0.389 e. The molecule has 0 spiro atoms. The van der Waals surface area contributed by atoms with Crippen LogP contribution in [0.2, 0.25) is 0 Å². The zero-order chi connectivity index (χ0) is 18.3. The molecule has 2 N–H and O–H groups in total. The van der Waals surface area contributed by atoms with Crippen LogP contribution in [0.15, 0.2) is 18.5 Å². The number of hydrogen-bond donors (Lipinski definition) is 2. The van der Waals surface area contributed by atoms with E-state index in [9.17, 15) is 18.3 Å². The summed E-state index contributed by atoms with van der Waals surface area (Å²) in [4.78, 5) is 14.0. The Morgan fingerprint density at radius 2 is 2.19 bits per heavy atom. The average molecular weight is 367 g/mol. The number of fused-ring (bicyclic) bond motifs is 3. The lowest BCUT2D eigenvalue weighted by Crippen LogP contribution is -2.24. The Balaban J connectivity index is 1.59. The molecule has 0 aliphatic carbocycles. The first-order valence-electron chi connectivity index (χ1n) is 8.69. The fourth-order valence-electron chi connectivity index (χ4n) is 3.87. The van der Waals surface area contributed by atoms with Gasteiger partial charge in [-0.05, 0) is 25.5 Å². The van der Waals surface area contributed by atoms with Gasteiger partial charge in [0.15, 0.2) is 0 Å². The van der Waals surface area contributed by atoms with Crippen LogP contribution >= 0.6 is 0 Å². The van der Waals surface area contributed by atoms with Crippen molar-refractivity contribution in [2.45, 2.75) is 38.1 Å². The van der Waals surface area contributed by atoms with E-state index in [0.29, 0.717) is 18.9 Å². The molecule has 1 unspecified atom stereocenters. The highest BCUT2D eigenvalue weighted by Gasteiger charge is 2.30. The minimum atomic E-state index is -4.10. The molecule has 1 aliphatic heterocycles. The van der Waals surface area contributed by atoms with Crippen LogP contribution < -0.4 is 0 Å². The lowest BCUT2D eigenvalue weighted by Gasteiger charge is -2.19. The van der Waals surface area contributed by atoms with Crippen molar-refractivity contribution in [3.05, 3.63) is 24.3 Å². The number of aromatic nitrogens is 4. The summed E-state index contributed by atoms with van der Waals surface area (Å²) in [6.07, 6.45) is -0.431. The van der Waals surface area contributed by atoms with Crippen molar-refractivity contribution in [1.82, 2.24) is 24.4 Å². The minimum absolute atomic E-state index is 0.0773. The van der Waals surface area contributed by atoms with Crippen LogP contribution in [0.25, 0.3) is 22.1 Å². The fourth-order valence-corrected chi connectivity index (χ4v) is 3.87. The quantitative estimate of drug-likeness (QED) is 0.727. The largest absolute Gasteiger partial charge is 0.389 e. The number of pyridine rings is 1. The molecule has 0 amide bonds. The second kappa shape index (κ2) is 6.55. The van der Waals surface area contributed by atoms with E-state index in [-0.39, 0.29) is 19.1 Å². The Labute approximate surface area is 147 Å². The first-order valence-corrected chi connectivity index (χ1v) is 8.69. The topological polar surface area (TPSA) is 70.0 Å². The maximum absolute atomic E-state index is 12.4. The van der Waals surface area contributed by atoms with E-state index in [1.165, 1.54) is 0 Å². The molecular formula is C17H20F3N5O. The first-order chi connectivity index (χ1) is 12.5. The van der Waals surface area contributed by atoms with E-state index in [1.807, 2.05) is 16.8 Å². The summed E-state index contributed by atoms with van der Waals surface area (Å²) in [6.45, 7) is 1.64. The van der Waals surface area contributed by atoms with Crippen molar-refractivity contribution < 1.29 is 18.3 Å². The number of nitrogens with zero attached hydrogens (tertiary/aromatic N) is 4. The second-order valence-electron chi connectivity index (χ2n) is 6.75. The van der Waals surface area contributed by atoms with Crippen molar-refractivity contribution in [2.24, 2.45) is 0 Å². The van der Waals surface area contributed by atoms with Gasteiger partial charge in [0, 0.05) is 37.1 Å². The van der Waals surface area contributed by atoms with Crippen LogP contribution in [0.4, 0.5) is 13.2 Å². The zero-order valence-electron chi connectivity index (χ0n) is 14.1. The third kappa shape index (κ3) is 3.16. The van der Waals surface area contributed by atoms with Gasteiger partial charge in [0.25, 0.3) is 0 Å². The van der Waals surface area contributed by atoms with Gasteiger partial charge in [-0.25, -0.2) is 9.97 Å². The van der Waals surface area contributed by atoms with Crippen LogP contribution in [-0.2, 0) is 6.61 Å². The molecule has 0 aromatic carbocycles. The highest BCUT2D eigenvalue weighted by Crippen LogP contribution is 2.32. The summed E-state index contributed by atoms with van der Waals surface area (Å²) >= 11 is 0. The van der Waals surface area contributed by atoms with Crippen LogP contribution in [0.5, 0.6) is 0 Å². The smallest absolute Gasteiger partial charge is 0.388 e. The molecule has 1 saturated heterocycles. The normalized spacial score (nSPS) is 19.2. The molecule has 0 saturated carbocycles. The summed E-state index contributed by atoms with van der Waals surface area (Å²) in [5.41, 5.74) is 2.39. The SMILES string of the molecule is OCc1nc2cnc3[nH]ccc3c2n1C1CCN(CCCC(F)(F)F)C1. The van der Waals surface area contributed by atoms with Crippen molar-refractivity contribution in [1.29, 1.82) is 0 Å². The van der Waals surface area contributed by atoms with E-state index in [1.54, 1.807) is 6.20 Å². The lowest BCUT2D eigenvalue weighted by molar-refractivity contribution is -0.136. The molecule has 3 aromatic rings. The molecular weight excluding hydrogens is 347 g/mol. The number of H-pyrrole nitrogens is 1. The molecule has 1 atom stereocenters. The number of aliphatic hydroxyl groups is 1.